The lowest BCUT2D eigenvalue weighted by Crippen LogP contribution is -2.43. The number of ether oxygens (including phenoxy) is 2. The number of hydrogen-bond donors (Lipinski definition) is 1. The molecule has 0 aromatic heterocycles. The van der Waals surface area contributed by atoms with Crippen LogP contribution in [0.5, 0.6) is 5.75 Å². The molecule has 1 N–H and O–H groups in total. The van der Waals surface area contributed by atoms with Gasteiger partial charge in [-0.2, -0.15) is 0 Å². The van der Waals surface area contributed by atoms with Crippen molar-refractivity contribution in [1.82, 2.24) is 0 Å². The van der Waals surface area contributed by atoms with Crippen LogP contribution in [-0.4, -0.2) is 37.5 Å². The zero-order valence-electron chi connectivity index (χ0n) is 14.9. The highest BCUT2D eigenvalue weighted by Crippen LogP contribution is 2.31. The summed E-state index contributed by atoms with van der Waals surface area (Å²) in [5.41, 5.74) is 1.51. The van der Waals surface area contributed by atoms with E-state index in [4.69, 9.17) is 9.47 Å². The number of rotatable bonds is 6. The molecule has 2 amide bonds. The zero-order valence-corrected chi connectivity index (χ0v) is 14.9. The Labute approximate surface area is 156 Å². The molecule has 0 aliphatic carbocycles. The third-order valence-electron chi connectivity index (χ3n) is 3.95. The van der Waals surface area contributed by atoms with Gasteiger partial charge in [-0.05, 0) is 42.8 Å². The van der Waals surface area contributed by atoms with Gasteiger partial charge in [-0.3, -0.25) is 14.5 Å². The Bertz CT molecular complexity index is 848. The van der Waals surface area contributed by atoms with E-state index in [1.807, 2.05) is 6.92 Å². The second-order valence-electron chi connectivity index (χ2n) is 6.00. The van der Waals surface area contributed by atoms with E-state index in [1.165, 1.54) is 4.90 Å². The highest BCUT2D eigenvalue weighted by atomic mass is 16.5. The molecule has 27 heavy (non-hydrogen) atoms. The van der Waals surface area contributed by atoms with Crippen LogP contribution in [0.3, 0.4) is 0 Å². The maximum Gasteiger partial charge on any atom is 0.338 e. The fourth-order valence-corrected chi connectivity index (χ4v) is 2.64. The second kappa shape index (κ2) is 8.35. The number of benzene rings is 2. The fraction of sp³-hybridized carbons (Fsp3) is 0.250. The van der Waals surface area contributed by atoms with Gasteiger partial charge in [0.25, 0.3) is 5.91 Å². The largest absolute Gasteiger partial charge is 0.482 e. The van der Waals surface area contributed by atoms with Crippen molar-refractivity contribution in [3.8, 4) is 5.75 Å². The van der Waals surface area contributed by atoms with Gasteiger partial charge in [0.05, 0.1) is 17.9 Å². The van der Waals surface area contributed by atoms with Crippen LogP contribution >= 0.6 is 0 Å². The number of amides is 2. The molecular weight excluding hydrogens is 348 g/mol. The Kier molecular flexibility index (Phi) is 5.71. The molecule has 0 unspecified atom stereocenters. The van der Waals surface area contributed by atoms with Gasteiger partial charge in [0, 0.05) is 5.69 Å². The molecule has 1 aliphatic rings. The molecule has 0 saturated heterocycles. The Morgan fingerprint density at radius 1 is 1.15 bits per heavy atom. The number of carbonyl (C=O) groups excluding carboxylic acids is 3. The number of esters is 1. The summed E-state index contributed by atoms with van der Waals surface area (Å²) >= 11 is 0. The molecule has 2 aromatic carbocycles. The Balaban J connectivity index is 1.63. The van der Waals surface area contributed by atoms with E-state index in [2.05, 4.69) is 5.32 Å². The van der Waals surface area contributed by atoms with Crippen LogP contribution < -0.4 is 15.0 Å². The summed E-state index contributed by atoms with van der Waals surface area (Å²) < 4.78 is 10.4. The van der Waals surface area contributed by atoms with Crippen molar-refractivity contribution < 1.29 is 23.9 Å². The average molecular weight is 368 g/mol. The van der Waals surface area contributed by atoms with E-state index >= 15 is 0 Å². The summed E-state index contributed by atoms with van der Waals surface area (Å²) in [5, 5.41) is 2.72. The number of carbonyl (C=O) groups is 3. The summed E-state index contributed by atoms with van der Waals surface area (Å²) in [6.07, 6.45) is 0.753. The molecule has 0 atom stereocenters. The average Bonchev–Trinajstić information content (AvgIpc) is 2.69. The van der Waals surface area contributed by atoms with E-state index < -0.39 is 5.97 Å². The summed E-state index contributed by atoms with van der Waals surface area (Å²) in [7, 11) is 0. The second-order valence-corrected chi connectivity index (χ2v) is 6.00. The van der Waals surface area contributed by atoms with E-state index in [9.17, 15) is 14.4 Å². The Morgan fingerprint density at radius 3 is 2.63 bits per heavy atom. The predicted molar refractivity (Wildman–Crippen MR) is 99.9 cm³/mol. The molecule has 3 rings (SSSR count). The molecule has 140 valence electrons. The van der Waals surface area contributed by atoms with Crippen molar-refractivity contribution in [2.24, 2.45) is 0 Å². The number of nitrogens with one attached hydrogen (secondary N) is 1. The van der Waals surface area contributed by atoms with E-state index in [1.54, 1.807) is 48.5 Å². The van der Waals surface area contributed by atoms with Crippen molar-refractivity contribution >= 4 is 29.2 Å². The molecule has 1 heterocycles. The van der Waals surface area contributed by atoms with Gasteiger partial charge < -0.3 is 14.8 Å². The summed E-state index contributed by atoms with van der Waals surface area (Å²) in [6, 6.07) is 13.5. The smallest absolute Gasteiger partial charge is 0.338 e. The maximum absolute atomic E-state index is 12.4. The van der Waals surface area contributed by atoms with E-state index in [-0.39, 0.29) is 25.0 Å². The van der Waals surface area contributed by atoms with Crippen molar-refractivity contribution in [3.63, 3.8) is 0 Å². The van der Waals surface area contributed by atoms with Crippen LogP contribution in [0.4, 0.5) is 11.4 Å². The molecular formula is C20H20N2O5. The first-order valence-corrected chi connectivity index (χ1v) is 8.67. The van der Waals surface area contributed by atoms with Gasteiger partial charge in [0.1, 0.15) is 12.3 Å². The van der Waals surface area contributed by atoms with Crippen molar-refractivity contribution in [2.75, 3.05) is 30.0 Å². The number of anilines is 2. The SMILES string of the molecule is CCCOC(=O)c1ccc(NC(=O)CN2C(=O)COc3ccccc32)cc1. The number of nitrogens with zero attached hydrogens (tertiary/aromatic N) is 1. The lowest BCUT2D eigenvalue weighted by molar-refractivity contribution is -0.123. The van der Waals surface area contributed by atoms with E-state index in [0.717, 1.165) is 6.42 Å². The van der Waals surface area contributed by atoms with Gasteiger partial charge >= 0.3 is 5.97 Å². The third-order valence-corrected chi connectivity index (χ3v) is 3.95. The molecule has 0 radical (unpaired) electrons. The molecule has 0 bridgehead atoms. The molecule has 0 spiro atoms. The van der Waals surface area contributed by atoms with Crippen molar-refractivity contribution in [2.45, 2.75) is 13.3 Å². The molecule has 0 fully saturated rings. The van der Waals surface area contributed by atoms with Crippen molar-refractivity contribution in [1.29, 1.82) is 0 Å². The summed E-state index contributed by atoms with van der Waals surface area (Å²) in [6.45, 7) is 2.06. The quantitative estimate of drug-likeness (QED) is 0.793. The molecule has 0 saturated carbocycles. The predicted octanol–water partition coefficient (Wildman–Crippen LogP) is 2.62. The standard InChI is InChI=1S/C20H20N2O5/c1-2-11-26-20(25)14-7-9-15(10-8-14)21-18(23)12-22-16-5-3-4-6-17(16)27-13-19(22)24/h3-10H,2,11-13H2,1H3,(H,21,23). The van der Waals surface area contributed by atoms with Crippen LogP contribution in [-0.2, 0) is 14.3 Å². The highest BCUT2D eigenvalue weighted by Gasteiger charge is 2.26. The summed E-state index contributed by atoms with van der Waals surface area (Å²) in [4.78, 5) is 37.7. The minimum absolute atomic E-state index is 0.0984. The normalized spacial score (nSPS) is 12.8. The molecule has 2 aromatic rings. The first-order valence-electron chi connectivity index (χ1n) is 8.67. The monoisotopic (exact) mass is 368 g/mol. The van der Waals surface area contributed by atoms with Gasteiger partial charge in [-0.25, -0.2) is 4.79 Å². The number of para-hydroxylation sites is 2. The van der Waals surface area contributed by atoms with Crippen molar-refractivity contribution in [3.05, 3.63) is 54.1 Å². The minimum Gasteiger partial charge on any atom is -0.482 e. The van der Waals surface area contributed by atoms with Crippen LogP contribution in [0.15, 0.2) is 48.5 Å². The summed E-state index contributed by atoms with van der Waals surface area (Å²) in [5.74, 6) is -0.454. The van der Waals surface area contributed by atoms with Gasteiger partial charge in [-0.1, -0.05) is 19.1 Å². The van der Waals surface area contributed by atoms with Crippen LogP contribution in [0.2, 0.25) is 0 Å². The first-order chi connectivity index (χ1) is 13.1. The van der Waals surface area contributed by atoms with Gasteiger partial charge in [0.15, 0.2) is 6.61 Å². The lowest BCUT2D eigenvalue weighted by Gasteiger charge is -2.28. The molecule has 7 heteroatoms. The molecule has 1 aliphatic heterocycles. The molecule has 7 nitrogen and oxygen atoms in total. The van der Waals surface area contributed by atoms with E-state index in [0.29, 0.717) is 29.3 Å². The minimum atomic E-state index is -0.398. The third kappa shape index (κ3) is 4.44. The zero-order chi connectivity index (χ0) is 19.2. The van der Waals surface area contributed by atoms with Crippen LogP contribution in [0.25, 0.3) is 0 Å². The Morgan fingerprint density at radius 2 is 1.89 bits per heavy atom. The van der Waals surface area contributed by atoms with Crippen LogP contribution in [0, 0.1) is 0 Å². The number of fused-ring (bicyclic) bond motifs is 1. The highest BCUT2D eigenvalue weighted by molar-refractivity contribution is 6.05. The maximum atomic E-state index is 12.4. The van der Waals surface area contributed by atoms with Gasteiger partial charge in [0.2, 0.25) is 5.91 Å². The van der Waals surface area contributed by atoms with Crippen LogP contribution in [0.1, 0.15) is 23.7 Å². The first kappa shape index (κ1) is 18.4. The lowest BCUT2D eigenvalue weighted by atomic mass is 10.2. The fourth-order valence-electron chi connectivity index (χ4n) is 2.64. The van der Waals surface area contributed by atoms with Gasteiger partial charge in [-0.15, -0.1) is 0 Å². The number of hydrogen-bond acceptors (Lipinski definition) is 5. The Hall–Kier alpha value is -3.35. The topological polar surface area (TPSA) is 84.9 Å².